The normalized spacial score (nSPS) is 13.8. The zero-order chi connectivity index (χ0) is 11.5. The molecule has 0 aliphatic heterocycles. The number of rotatable bonds is 4. The average Bonchev–Trinajstić information content (AvgIpc) is 2.17. The van der Waals surface area contributed by atoms with E-state index in [4.69, 9.17) is 10.8 Å². The van der Waals surface area contributed by atoms with Crippen LogP contribution in [0.15, 0.2) is 29.2 Å². The SMILES string of the molecule is CS(=O)(=O)c1cccc(CC(N)CO)c1. The van der Waals surface area contributed by atoms with Crippen molar-refractivity contribution < 1.29 is 13.5 Å². The largest absolute Gasteiger partial charge is 0.395 e. The second kappa shape index (κ2) is 4.74. The molecule has 0 spiro atoms. The highest BCUT2D eigenvalue weighted by molar-refractivity contribution is 7.90. The Morgan fingerprint density at radius 2 is 2.13 bits per heavy atom. The summed E-state index contributed by atoms with van der Waals surface area (Å²) in [6.07, 6.45) is 1.64. The summed E-state index contributed by atoms with van der Waals surface area (Å²) in [7, 11) is -3.17. The molecule has 0 saturated heterocycles. The Balaban J connectivity index is 2.94. The van der Waals surface area contributed by atoms with E-state index in [0.717, 1.165) is 11.8 Å². The Hall–Kier alpha value is -0.910. The lowest BCUT2D eigenvalue weighted by Gasteiger charge is -2.08. The van der Waals surface area contributed by atoms with E-state index in [2.05, 4.69) is 0 Å². The highest BCUT2D eigenvalue weighted by Crippen LogP contribution is 2.12. The van der Waals surface area contributed by atoms with Crippen LogP contribution in [0.25, 0.3) is 0 Å². The number of benzene rings is 1. The topological polar surface area (TPSA) is 80.4 Å². The molecule has 15 heavy (non-hydrogen) atoms. The van der Waals surface area contributed by atoms with Crippen LogP contribution in [0.3, 0.4) is 0 Å². The van der Waals surface area contributed by atoms with Crippen molar-refractivity contribution in [2.75, 3.05) is 12.9 Å². The summed E-state index contributed by atoms with van der Waals surface area (Å²) in [4.78, 5) is 0.283. The molecule has 0 aromatic heterocycles. The Morgan fingerprint density at radius 1 is 1.47 bits per heavy atom. The molecule has 84 valence electrons. The van der Waals surface area contributed by atoms with Gasteiger partial charge in [0.2, 0.25) is 0 Å². The van der Waals surface area contributed by atoms with Crippen molar-refractivity contribution in [3.05, 3.63) is 29.8 Å². The number of hydrogen-bond acceptors (Lipinski definition) is 4. The number of sulfone groups is 1. The van der Waals surface area contributed by atoms with Crippen LogP contribution >= 0.6 is 0 Å². The van der Waals surface area contributed by atoms with Gasteiger partial charge in [-0.25, -0.2) is 8.42 Å². The van der Waals surface area contributed by atoms with Crippen LogP contribution in [-0.2, 0) is 16.3 Å². The van der Waals surface area contributed by atoms with Crippen molar-refractivity contribution in [1.29, 1.82) is 0 Å². The van der Waals surface area contributed by atoms with Crippen molar-refractivity contribution in [3.8, 4) is 0 Å². The van der Waals surface area contributed by atoms with Gasteiger partial charge in [-0.1, -0.05) is 12.1 Å². The number of aliphatic hydroxyl groups excluding tert-OH is 1. The van der Waals surface area contributed by atoms with Crippen LogP contribution in [-0.4, -0.2) is 32.4 Å². The Kier molecular flexibility index (Phi) is 3.84. The van der Waals surface area contributed by atoms with E-state index >= 15 is 0 Å². The first-order valence-corrected chi connectivity index (χ1v) is 6.48. The minimum absolute atomic E-state index is 0.108. The molecule has 0 aliphatic rings. The highest BCUT2D eigenvalue weighted by Gasteiger charge is 2.08. The van der Waals surface area contributed by atoms with Gasteiger partial charge in [-0.05, 0) is 24.1 Å². The summed E-state index contributed by atoms with van der Waals surface area (Å²) in [5, 5.41) is 8.78. The third kappa shape index (κ3) is 3.62. The molecule has 0 bridgehead atoms. The fourth-order valence-corrected chi connectivity index (χ4v) is 1.96. The zero-order valence-corrected chi connectivity index (χ0v) is 9.37. The molecule has 0 saturated carbocycles. The summed E-state index contributed by atoms with van der Waals surface area (Å²) in [5.74, 6) is 0. The number of hydrogen-bond donors (Lipinski definition) is 2. The van der Waals surface area contributed by atoms with Gasteiger partial charge in [0, 0.05) is 12.3 Å². The van der Waals surface area contributed by atoms with Crippen molar-refractivity contribution in [1.82, 2.24) is 0 Å². The van der Waals surface area contributed by atoms with Crippen LogP contribution in [0, 0.1) is 0 Å². The van der Waals surface area contributed by atoms with Gasteiger partial charge >= 0.3 is 0 Å². The molecule has 0 radical (unpaired) electrons. The second-order valence-electron chi connectivity index (χ2n) is 3.57. The van der Waals surface area contributed by atoms with E-state index in [1.807, 2.05) is 0 Å². The lowest BCUT2D eigenvalue weighted by molar-refractivity contribution is 0.265. The van der Waals surface area contributed by atoms with E-state index < -0.39 is 9.84 Å². The van der Waals surface area contributed by atoms with Gasteiger partial charge in [-0.2, -0.15) is 0 Å². The molecule has 1 aromatic rings. The van der Waals surface area contributed by atoms with Crippen LogP contribution in [0.5, 0.6) is 0 Å². The third-order valence-electron chi connectivity index (χ3n) is 2.06. The Morgan fingerprint density at radius 3 is 2.67 bits per heavy atom. The average molecular weight is 229 g/mol. The van der Waals surface area contributed by atoms with E-state index in [9.17, 15) is 8.42 Å². The van der Waals surface area contributed by atoms with Crippen molar-refractivity contribution >= 4 is 9.84 Å². The van der Waals surface area contributed by atoms with Crippen LogP contribution in [0.4, 0.5) is 0 Å². The van der Waals surface area contributed by atoms with Gasteiger partial charge in [0.05, 0.1) is 11.5 Å². The summed E-state index contributed by atoms with van der Waals surface area (Å²) >= 11 is 0. The monoisotopic (exact) mass is 229 g/mol. The van der Waals surface area contributed by atoms with Gasteiger partial charge < -0.3 is 10.8 Å². The minimum Gasteiger partial charge on any atom is -0.395 e. The van der Waals surface area contributed by atoms with Gasteiger partial charge in [0.25, 0.3) is 0 Å². The molecule has 1 aromatic carbocycles. The molecule has 1 rings (SSSR count). The second-order valence-corrected chi connectivity index (χ2v) is 5.58. The minimum atomic E-state index is -3.17. The highest BCUT2D eigenvalue weighted by atomic mass is 32.2. The van der Waals surface area contributed by atoms with E-state index in [1.165, 1.54) is 0 Å². The van der Waals surface area contributed by atoms with Gasteiger partial charge in [-0.3, -0.25) is 0 Å². The predicted octanol–water partition coefficient (Wildman–Crippen LogP) is -0.0478. The number of aliphatic hydroxyl groups is 1. The fourth-order valence-electron chi connectivity index (χ4n) is 1.27. The quantitative estimate of drug-likeness (QED) is 0.758. The molecular formula is C10H15NO3S. The zero-order valence-electron chi connectivity index (χ0n) is 8.55. The maximum absolute atomic E-state index is 11.3. The predicted molar refractivity (Wildman–Crippen MR) is 58.3 cm³/mol. The Labute approximate surface area is 89.7 Å². The first-order valence-electron chi connectivity index (χ1n) is 4.59. The van der Waals surface area contributed by atoms with Crippen molar-refractivity contribution in [3.63, 3.8) is 0 Å². The van der Waals surface area contributed by atoms with E-state index in [1.54, 1.807) is 24.3 Å². The lowest BCUT2D eigenvalue weighted by atomic mass is 10.1. The van der Waals surface area contributed by atoms with Gasteiger partial charge in [0.1, 0.15) is 0 Å². The summed E-state index contributed by atoms with van der Waals surface area (Å²) in [6, 6.07) is 6.26. The summed E-state index contributed by atoms with van der Waals surface area (Å²) < 4.78 is 22.5. The molecule has 3 N–H and O–H groups in total. The fraction of sp³-hybridized carbons (Fsp3) is 0.400. The molecule has 0 amide bonds. The van der Waals surface area contributed by atoms with E-state index in [-0.39, 0.29) is 17.5 Å². The maximum Gasteiger partial charge on any atom is 0.175 e. The third-order valence-corrected chi connectivity index (χ3v) is 3.17. The van der Waals surface area contributed by atoms with Crippen LogP contribution < -0.4 is 5.73 Å². The molecule has 1 unspecified atom stereocenters. The van der Waals surface area contributed by atoms with E-state index in [0.29, 0.717) is 6.42 Å². The first-order chi connectivity index (χ1) is 6.93. The molecule has 1 atom stereocenters. The van der Waals surface area contributed by atoms with Gasteiger partial charge in [-0.15, -0.1) is 0 Å². The summed E-state index contributed by atoms with van der Waals surface area (Å²) in [6.45, 7) is -0.108. The Bertz CT molecular complexity index is 428. The molecule has 0 aliphatic carbocycles. The molecule has 4 nitrogen and oxygen atoms in total. The molecule has 0 fully saturated rings. The molecule has 5 heteroatoms. The van der Waals surface area contributed by atoms with Crippen LogP contribution in [0.1, 0.15) is 5.56 Å². The van der Waals surface area contributed by atoms with Crippen molar-refractivity contribution in [2.24, 2.45) is 5.73 Å². The smallest absolute Gasteiger partial charge is 0.175 e. The molecular weight excluding hydrogens is 214 g/mol. The maximum atomic E-state index is 11.3. The lowest BCUT2D eigenvalue weighted by Crippen LogP contribution is -2.26. The molecule has 0 heterocycles. The number of nitrogens with two attached hydrogens (primary N) is 1. The van der Waals surface area contributed by atoms with Crippen molar-refractivity contribution in [2.45, 2.75) is 17.4 Å². The summed E-state index contributed by atoms with van der Waals surface area (Å²) in [5.41, 5.74) is 6.38. The first kappa shape index (κ1) is 12.2. The van der Waals surface area contributed by atoms with Crippen LogP contribution in [0.2, 0.25) is 0 Å². The van der Waals surface area contributed by atoms with Gasteiger partial charge in [0.15, 0.2) is 9.84 Å². The standard InChI is InChI=1S/C10H15NO3S/c1-15(13,14)10-4-2-3-8(6-10)5-9(11)7-12/h2-4,6,9,12H,5,7,11H2,1H3.